The Morgan fingerprint density at radius 1 is 1.08 bits per heavy atom. The highest BCUT2D eigenvalue weighted by atomic mass is 16.5. The molecule has 0 radical (unpaired) electrons. The Morgan fingerprint density at radius 2 is 1.68 bits per heavy atom. The fraction of sp³-hybridized carbons (Fsp3) is 0.409. The maximum atomic E-state index is 13.4. The van der Waals surface area contributed by atoms with E-state index in [1.807, 2.05) is 48.2 Å². The van der Waals surface area contributed by atoms with Crippen LogP contribution in [0.5, 0.6) is 0 Å². The van der Waals surface area contributed by atoms with Gasteiger partial charge in [-0.1, -0.05) is 60.7 Å². The molecule has 1 aliphatic rings. The van der Waals surface area contributed by atoms with Gasteiger partial charge in [-0.3, -0.25) is 4.79 Å². The molecule has 1 unspecified atom stereocenters. The minimum Gasteiger partial charge on any atom is -0.381 e. The van der Waals surface area contributed by atoms with E-state index in [2.05, 4.69) is 24.3 Å². The standard InChI is InChI=1S/C22H27NO2/c1-2-25-17-18-10-9-15-23(16-18)22(24)21(19-11-5-3-6-12-19)20-13-7-4-8-14-20/h3-8,11-14,18,21H,2,9-10,15-17H2,1H3. The van der Waals surface area contributed by atoms with Crippen molar-refractivity contribution < 1.29 is 9.53 Å². The minimum absolute atomic E-state index is 0.207. The van der Waals surface area contributed by atoms with E-state index in [1.54, 1.807) is 0 Å². The number of hydrogen-bond acceptors (Lipinski definition) is 2. The van der Waals surface area contributed by atoms with Crippen LogP contribution in [-0.2, 0) is 9.53 Å². The molecule has 3 nitrogen and oxygen atoms in total. The van der Waals surface area contributed by atoms with Crippen LogP contribution in [0.15, 0.2) is 60.7 Å². The molecule has 0 aromatic heterocycles. The first kappa shape index (κ1) is 17.7. The quantitative estimate of drug-likeness (QED) is 0.794. The maximum absolute atomic E-state index is 13.4. The topological polar surface area (TPSA) is 29.5 Å². The second-order valence-corrected chi connectivity index (χ2v) is 6.71. The highest BCUT2D eigenvalue weighted by molar-refractivity contribution is 5.87. The van der Waals surface area contributed by atoms with Gasteiger partial charge in [-0.25, -0.2) is 0 Å². The summed E-state index contributed by atoms with van der Waals surface area (Å²) >= 11 is 0. The molecule has 1 aliphatic heterocycles. The zero-order chi connectivity index (χ0) is 17.5. The van der Waals surface area contributed by atoms with Gasteiger partial charge in [0.2, 0.25) is 5.91 Å². The van der Waals surface area contributed by atoms with Gasteiger partial charge in [0.25, 0.3) is 0 Å². The average molecular weight is 337 g/mol. The summed E-state index contributed by atoms with van der Waals surface area (Å²) in [5.41, 5.74) is 2.12. The molecule has 1 saturated heterocycles. The summed E-state index contributed by atoms with van der Waals surface area (Å²) in [6, 6.07) is 20.2. The number of carbonyl (C=O) groups is 1. The number of rotatable bonds is 6. The van der Waals surface area contributed by atoms with Crippen molar-refractivity contribution in [1.82, 2.24) is 4.90 Å². The van der Waals surface area contributed by atoms with Crippen molar-refractivity contribution in [1.29, 1.82) is 0 Å². The molecule has 1 amide bonds. The molecule has 0 bridgehead atoms. The Balaban J connectivity index is 1.82. The Hall–Kier alpha value is -2.13. The third kappa shape index (κ3) is 4.49. The lowest BCUT2D eigenvalue weighted by atomic mass is 9.88. The van der Waals surface area contributed by atoms with Crippen molar-refractivity contribution in [2.75, 3.05) is 26.3 Å². The van der Waals surface area contributed by atoms with Crippen molar-refractivity contribution in [2.24, 2.45) is 5.92 Å². The SMILES string of the molecule is CCOCC1CCCN(C(=O)C(c2ccccc2)c2ccccc2)C1. The zero-order valence-electron chi connectivity index (χ0n) is 14.9. The maximum Gasteiger partial charge on any atom is 0.234 e. The normalized spacial score (nSPS) is 17.7. The van der Waals surface area contributed by atoms with Gasteiger partial charge in [0, 0.05) is 19.7 Å². The fourth-order valence-electron chi connectivity index (χ4n) is 3.64. The summed E-state index contributed by atoms with van der Waals surface area (Å²) in [6.45, 7) is 5.15. The summed E-state index contributed by atoms with van der Waals surface area (Å²) in [6.07, 6.45) is 2.20. The molecule has 0 aliphatic carbocycles. The van der Waals surface area contributed by atoms with E-state index in [0.717, 1.165) is 50.3 Å². The van der Waals surface area contributed by atoms with Crippen LogP contribution in [0.1, 0.15) is 36.8 Å². The number of ether oxygens (including phenoxy) is 1. The van der Waals surface area contributed by atoms with Crippen LogP contribution in [0.2, 0.25) is 0 Å². The Kier molecular flexibility index (Phi) is 6.24. The molecule has 0 spiro atoms. The van der Waals surface area contributed by atoms with Crippen molar-refractivity contribution in [3.8, 4) is 0 Å². The van der Waals surface area contributed by atoms with Crippen molar-refractivity contribution >= 4 is 5.91 Å². The van der Waals surface area contributed by atoms with Crippen molar-refractivity contribution in [3.63, 3.8) is 0 Å². The van der Waals surface area contributed by atoms with Crippen LogP contribution in [0.25, 0.3) is 0 Å². The smallest absolute Gasteiger partial charge is 0.234 e. The first-order valence-corrected chi connectivity index (χ1v) is 9.26. The monoisotopic (exact) mass is 337 g/mol. The molecular formula is C22H27NO2. The summed E-state index contributed by atoms with van der Waals surface area (Å²) in [4.78, 5) is 15.4. The molecule has 1 heterocycles. The Bertz CT molecular complexity index is 617. The van der Waals surface area contributed by atoms with Crippen molar-refractivity contribution in [2.45, 2.75) is 25.7 Å². The molecule has 25 heavy (non-hydrogen) atoms. The summed E-state index contributed by atoms with van der Waals surface area (Å²) in [5, 5.41) is 0. The number of likely N-dealkylation sites (tertiary alicyclic amines) is 1. The number of hydrogen-bond donors (Lipinski definition) is 0. The third-order valence-electron chi connectivity index (χ3n) is 4.90. The second-order valence-electron chi connectivity index (χ2n) is 6.71. The van der Waals surface area contributed by atoms with Crippen LogP contribution in [0, 0.1) is 5.92 Å². The van der Waals surface area contributed by atoms with Crippen LogP contribution in [0.3, 0.4) is 0 Å². The summed E-state index contributed by atoms with van der Waals surface area (Å²) in [5.74, 6) is 0.427. The fourth-order valence-corrected chi connectivity index (χ4v) is 3.64. The van der Waals surface area contributed by atoms with E-state index < -0.39 is 0 Å². The molecule has 3 rings (SSSR count). The summed E-state index contributed by atoms with van der Waals surface area (Å²) in [7, 11) is 0. The highest BCUT2D eigenvalue weighted by Gasteiger charge is 2.30. The largest absolute Gasteiger partial charge is 0.381 e. The lowest BCUT2D eigenvalue weighted by Gasteiger charge is -2.35. The van der Waals surface area contributed by atoms with Crippen LogP contribution in [-0.4, -0.2) is 37.1 Å². The second kappa shape index (κ2) is 8.82. The molecule has 0 saturated carbocycles. The van der Waals surface area contributed by atoms with E-state index in [0.29, 0.717) is 5.92 Å². The van der Waals surface area contributed by atoms with Gasteiger partial charge < -0.3 is 9.64 Å². The van der Waals surface area contributed by atoms with E-state index in [9.17, 15) is 4.79 Å². The number of amides is 1. The number of nitrogens with zero attached hydrogens (tertiary/aromatic N) is 1. The predicted octanol–water partition coefficient (Wildman–Crippen LogP) is 4.09. The van der Waals surface area contributed by atoms with E-state index in [1.165, 1.54) is 0 Å². The van der Waals surface area contributed by atoms with E-state index in [4.69, 9.17) is 4.74 Å². The highest BCUT2D eigenvalue weighted by Crippen LogP contribution is 2.29. The predicted molar refractivity (Wildman–Crippen MR) is 101 cm³/mol. The molecule has 3 heteroatoms. The summed E-state index contributed by atoms with van der Waals surface area (Å²) < 4.78 is 5.59. The van der Waals surface area contributed by atoms with E-state index >= 15 is 0 Å². The lowest BCUT2D eigenvalue weighted by molar-refractivity contribution is -0.134. The van der Waals surface area contributed by atoms with Gasteiger partial charge in [0.15, 0.2) is 0 Å². The molecule has 1 atom stereocenters. The van der Waals surface area contributed by atoms with Gasteiger partial charge in [-0.2, -0.15) is 0 Å². The minimum atomic E-state index is -0.228. The molecule has 0 N–H and O–H groups in total. The van der Waals surface area contributed by atoms with Crippen LogP contribution in [0.4, 0.5) is 0 Å². The Morgan fingerprint density at radius 3 is 2.24 bits per heavy atom. The van der Waals surface area contributed by atoms with Gasteiger partial charge in [-0.15, -0.1) is 0 Å². The number of piperidine rings is 1. The molecule has 2 aromatic rings. The number of carbonyl (C=O) groups excluding carboxylic acids is 1. The van der Waals surface area contributed by atoms with Crippen LogP contribution < -0.4 is 0 Å². The average Bonchev–Trinajstić information content (AvgIpc) is 2.68. The van der Waals surface area contributed by atoms with Gasteiger partial charge >= 0.3 is 0 Å². The first-order chi connectivity index (χ1) is 12.3. The van der Waals surface area contributed by atoms with Crippen LogP contribution >= 0.6 is 0 Å². The molecular weight excluding hydrogens is 310 g/mol. The zero-order valence-corrected chi connectivity index (χ0v) is 14.9. The molecule has 1 fully saturated rings. The van der Waals surface area contributed by atoms with Crippen molar-refractivity contribution in [3.05, 3.63) is 71.8 Å². The Labute approximate surface area is 150 Å². The van der Waals surface area contributed by atoms with Gasteiger partial charge in [0.05, 0.1) is 12.5 Å². The third-order valence-corrected chi connectivity index (χ3v) is 4.90. The molecule has 132 valence electrons. The van der Waals surface area contributed by atoms with Gasteiger partial charge in [0.1, 0.15) is 0 Å². The van der Waals surface area contributed by atoms with Gasteiger partial charge in [-0.05, 0) is 36.8 Å². The molecule has 2 aromatic carbocycles. The lowest BCUT2D eigenvalue weighted by Crippen LogP contribution is -2.43. The first-order valence-electron chi connectivity index (χ1n) is 9.26. The number of benzene rings is 2. The van der Waals surface area contributed by atoms with E-state index in [-0.39, 0.29) is 11.8 Å².